The van der Waals surface area contributed by atoms with Gasteiger partial charge in [0.1, 0.15) is 0 Å². The van der Waals surface area contributed by atoms with E-state index in [0.29, 0.717) is 0 Å². The highest BCUT2D eigenvalue weighted by Crippen LogP contribution is 1.72. The van der Waals surface area contributed by atoms with Gasteiger partial charge in [0, 0.05) is 12.3 Å². The summed E-state index contributed by atoms with van der Waals surface area (Å²) in [7, 11) is 1.18. The van der Waals surface area contributed by atoms with Gasteiger partial charge in [0.05, 0.1) is 7.11 Å². The fraction of sp³-hybridized carbons (Fsp3) is 0.200. The maximum atomic E-state index is 10.2. The van der Waals surface area contributed by atoms with Crippen molar-refractivity contribution in [2.24, 2.45) is 0 Å². The number of amides is 1. The number of carboxylic acid groups (broad SMARTS) is 1. The van der Waals surface area contributed by atoms with Gasteiger partial charge in [-0.15, -0.1) is 0 Å². The number of methoxy groups -OCH3 is 1. The molecule has 0 radical (unpaired) electrons. The fourth-order valence-corrected chi connectivity index (χ4v) is 0.240. The number of aliphatic carboxylic acids is 1. The zero-order chi connectivity index (χ0) is 7.98. The first-order chi connectivity index (χ1) is 4.66. The van der Waals surface area contributed by atoms with Crippen LogP contribution >= 0.6 is 0 Å². The summed E-state index contributed by atoms with van der Waals surface area (Å²) in [5.74, 6) is -1.13. The second kappa shape index (κ2) is 4.37. The summed E-state index contributed by atoms with van der Waals surface area (Å²) in [6.45, 7) is 0. The van der Waals surface area contributed by atoms with Gasteiger partial charge in [0.25, 0.3) is 0 Å². The van der Waals surface area contributed by atoms with Crippen LogP contribution in [0, 0.1) is 0 Å². The van der Waals surface area contributed by atoms with Crippen molar-refractivity contribution in [2.45, 2.75) is 0 Å². The van der Waals surface area contributed by atoms with Gasteiger partial charge in [-0.1, -0.05) is 0 Å². The molecule has 0 aromatic carbocycles. The Kier molecular flexibility index (Phi) is 3.70. The number of carboxylic acids is 1. The Labute approximate surface area is 57.3 Å². The van der Waals surface area contributed by atoms with E-state index in [-0.39, 0.29) is 0 Å². The number of carbonyl (C=O) groups excluding carboxylic acids is 1. The third kappa shape index (κ3) is 4.63. The van der Waals surface area contributed by atoms with Crippen LogP contribution in [0.25, 0.3) is 0 Å². The van der Waals surface area contributed by atoms with E-state index in [9.17, 15) is 9.59 Å². The van der Waals surface area contributed by atoms with Gasteiger partial charge in [0.2, 0.25) is 0 Å². The minimum absolute atomic E-state index is 0.697. The molecular formula is C5H7NO4. The van der Waals surface area contributed by atoms with Crippen molar-refractivity contribution in [3.05, 3.63) is 12.3 Å². The minimum atomic E-state index is -1.13. The quantitative estimate of drug-likeness (QED) is 0.534. The van der Waals surface area contributed by atoms with Crippen LogP contribution in [0.4, 0.5) is 4.79 Å². The molecule has 0 spiro atoms. The highest BCUT2D eigenvalue weighted by molar-refractivity contribution is 5.80. The number of ether oxygens (including phenoxy) is 1. The molecule has 0 unspecified atom stereocenters. The molecule has 0 heterocycles. The van der Waals surface area contributed by atoms with Crippen molar-refractivity contribution in [1.29, 1.82) is 0 Å². The van der Waals surface area contributed by atoms with Crippen LogP contribution < -0.4 is 5.32 Å². The molecule has 0 atom stereocenters. The van der Waals surface area contributed by atoms with Crippen LogP contribution in [0.2, 0.25) is 0 Å². The molecule has 0 rings (SSSR count). The molecule has 2 N–H and O–H groups in total. The second-order valence-electron chi connectivity index (χ2n) is 1.31. The lowest BCUT2D eigenvalue weighted by Gasteiger charge is -1.93. The standard InChI is InChI=1S/C5H7NO4/c1-10-5(9)6-3-2-4(7)8/h2-3H,1H3,(H,6,9)(H,7,8)/b3-2+. The highest BCUT2D eigenvalue weighted by atomic mass is 16.5. The summed E-state index contributed by atoms with van der Waals surface area (Å²) in [6, 6.07) is 0. The van der Waals surface area contributed by atoms with Crippen LogP contribution in [0.1, 0.15) is 0 Å². The van der Waals surface area contributed by atoms with Crippen molar-refractivity contribution < 1.29 is 19.4 Å². The molecule has 0 aliphatic heterocycles. The van der Waals surface area contributed by atoms with Crippen LogP contribution in [0.15, 0.2) is 12.3 Å². The number of nitrogens with one attached hydrogen (secondary N) is 1. The zero-order valence-electron chi connectivity index (χ0n) is 5.33. The van der Waals surface area contributed by atoms with E-state index in [1.165, 1.54) is 7.11 Å². The van der Waals surface area contributed by atoms with E-state index < -0.39 is 12.1 Å². The lowest BCUT2D eigenvalue weighted by Crippen LogP contribution is -2.16. The first-order valence-corrected chi connectivity index (χ1v) is 2.40. The molecule has 5 heteroatoms. The largest absolute Gasteiger partial charge is 0.478 e. The lowest BCUT2D eigenvalue weighted by atomic mass is 10.6. The van der Waals surface area contributed by atoms with Crippen molar-refractivity contribution >= 4 is 12.1 Å². The second-order valence-corrected chi connectivity index (χ2v) is 1.31. The summed E-state index contributed by atoms with van der Waals surface area (Å²) in [4.78, 5) is 20.0. The van der Waals surface area contributed by atoms with Gasteiger partial charge < -0.3 is 9.84 Å². The van der Waals surface area contributed by atoms with E-state index in [2.05, 4.69) is 4.74 Å². The lowest BCUT2D eigenvalue weighted by molar-refractivity contribution is -0.131. The average molecular weight is 145 g/mol. The van der Waals surface area contributed by atoms with E-state index >= 15 is 0 Å². The minimum Gasteiger partial charge on any atom is -0.478 e. The molecule has 5 nitrogen and oxygen atoms in total. The monoisotopic (exact) mass is 145 g/mol. The summed E-state index contributed by atoms with van der Waals surface area (Å²) >= 11 is 0. The molecular weight excluding hydrogens is 138 g/mol. The summed E-state index contributed by atoms with van der Waals surface area (Å²) in [5, 5.41) is 10.1. The summed E-state index contributed by atoms with van der Waals surface area (Å²) in [6.07, 6.45) is 1.07. The molecule has 0 fully saturated rings. The third-order valence-electron chi connectivity index (χ3n) is 0.612. The van der Waals surface area contributed by atoms with Crippen molar-refractivity contribution in [3.8, 4) is 0 Å². The zero-order valence-corrected chi connectivity index (χ0v) is 5.33. The van der Waals surface area contributed by atoms with Gasteiger partial charge in [-0.3, -0.25) is 5.32 Å². The van der Waals surface area contributed by atoms with Crippen molar-refractivity contribution in [2.75, 3.05) is 7.11 Å². The Morgan fingerprint density at radius 3 is 2.60 bits per heavy atom. The number of hydrogen-bond donors (Lipinski definition) is 2. The predicted molar refractivity (Wildman–Crippen MR) is 32.3 cm³/mol. The number of rotatable bonds is 2. The fourth-order valence-electron chi connectivity index (χ4n) is 0.240. The maximum Gasteiger partial charge on any atom is 0.410 e. The number of carbonyl (C=O) groups is 2. The molecule has 0 saturated carbocycles. The molecule has 0 aromatic rings. The molecule has 1 amide bonds. The molecule has 0 bridgehead atoms. The van der Waals surface area contributed by atoms with Gasteiger partial charge in [-0.2, -0.15) is 0 Å². The van der Waals surface area contributed by atoms with E-state index in [1.54, 1.807) is 0 Å². The van der Waals surface area contributed by atoms with E-state index in [0.717, 1.165) is 12.3 Å². The van der Waals surface area contributed by atoms with Gasteiger partial charge in [-0.05, 0) is 0 Å². The van der Waals surface area contributed by atoms with Gasteiger partial charge in [-0.25, -0.2) is 9.59 Å². The molecule has 0 aromatic heterocycles. The highest BCUT2D eigenvalue weighted by Gasteiger charge is 1.91. The molecule has 0 aliphatic rings. The van der Waals surface area contributed by atoms with Crippen molar-refractivity contribution in [3.63, 3.8) is 0 Å². The molecule has 10 heavy (non-hydrogen) atoms. The van der Waals surface area contributed by atoms with Crippen LogP contribution in [0.3, 0.4) is 0 Å². The normalized spacial score (nSPS) is 9.30. The van der Waals surface area contributed by atoms with Crippen LogP contribution in [0.5, 0.6) is 0 Å². The summed E-state index contributed by atoms with van der Waals surface area (Å²) in [5.41, 5.74) is 0. The smallest absolute Gasteiger partial charge is 0.410 e. The number of hydrogen-bond acceptors (Lipinski definition) is 3. The first-order valence-electron chi connectivity index (χ1n) is 2.40. The predicted octanol–water partition coefficient (Wildman–Crippen LogP) is -0.0593. The van der Waals surface area contributed by atoms with Crippen molar-refractivity contribution in [1.82, 2.24) is 5.32 Å². The Bertz CT molecular complexity index is 163. The molecule has 0 aliphatic carbocycles. The molecule has 56 valence electrons. The Balaban J connectivity index is 3.53. The first kappa shape index (κ1) is 8.48. The average Bonchev–Trinajstić information content (AvgIpc) is 1.87. The van der Waals surface area contributed by atoms with Gasteiger partial charge in [0.15, 0.2) is 0 Å². The Hall–Kier alpha value is -1.52. The molecule has 0 saturated heterocycles. The van der Waals surface area contributed by atoms with E-state index in [4.69, 9.17) is 5.11 Å². The number of alkyl carbamates (subject to hydrolysis) is 1. The Morgan fingerprint density at radius 2 is 2.20 bits per heavy atom. The van der Waals surface area contributed by atoms with Gasteiger partial charge >= 0.3 is 12.1 Å². The topological polar surface area (TPSA) is 75.6 Å². The maximum absolute atomic E-state index is 10.2. The van der Waals surface area contributed by atoms with Crippen LogP contribution in [-0.2, 0) is 9.53 Å². The van der Waals surface area contributed by atoms with E-state index in [1.807, 2.05) is 5.32 Å². The third-order valence-corrected chi connectivity index (χ3v) is 0.612. The summed E-state index contributed by atoms with van der Waals surface area (Å²) < 4.78 is 4.14. The SMILES string of the molecule is COC(=O)N/C=C/C(=O)O. The Morgan fingerprint density at radius 1 is 1.60 bits per heavy atom. The van der Waals surface area contributed by atoms with Crippen LogP contribution in [-0.4, -0.2) is 24.3 Å².